The lowest BCUT2D eigenvalue weighted by Crippen LogP contribution is -2.16. The molecule has 1 heterocycles. The van der Waals surface area contributed by atoms with Gasteiger partial charge in [-0.25, -0.2) is 0 Å². The molecule has 0 amide bonds. The second-order valence-corrected chi connectivity index (χ2v) is 5.96. The van der Waals surface area contributed by atoms with Crippen molar-refractivity contribution in [1.29, 1.82) is 0 Å². The fourth-order valence-electron chi connectivity index (χ4n) is 3.16. The molecule has 0 N–H and O–H groups in total. The zero-order valence-corrected chi connectivity index (χ0v) is 12.9. The van der Waals surface area contributed by atoms with Crippen LogP contribution in [0.25, 0.3) is 11.3 Å². The van der Waals surface area contributed by atoms with E-state index in [2.05, 4.69) is 4.74 Å². The molecule has 128 valence electrons. The van der Waals surface area contributed by atoms with Crippen LogP contribution in [-0.4, -0.2) is 12.6 Å². The highest BCUT2D eigenvalue weighted by Gasteiger charge is 2.31. The first kappa shape index (κ1) is 16.6. The van der Waals surface area contributed by atoms with Gasteiger partial charge in [0.25, 0.3) is 0 Å². The Kier molecular flexibility index (Phi) is 4.64. The second-order valence-electron chi connectivity index (χ2n) is 5.96. The summed E-state index contributed by atoms with van der Waals surface area (Å²) in [5.74, 6) is 1.12. The number of benzene rings is 1. The van der Waals surface area contributed by atoms with E-state index in [1.165, 1.54) is 30.7 Å². The van der Waals surface area contributed by atoms with Crippen LogP contribution in [0.5, 0.6) is 5.75 Å². The summed E-state index contributed by atoms with van der Waals surface area (Å²) in [7, 11) is 0. The molecule has 1 aromatic carbocycles. The summed E-state index contributed by atoms with van der Waals surface area (Å²) < 4.78 is 46.3. The number of carbonyl (C=O) groups is 1. The van der Waals surface area contributed by atoms with Crippen LogP contribution in [0.1, 0.15) is 54.1 Å². The van der Waals surface area contributed by atoms with Gasteiger partial charge in [-0.1, -0.05) is 19.3 Å². The Morgan fingerprint density at radius 2 is 1.75 bits per heavy atom. The summed E-state index contributed by atoms with van der Waals surface area (Å²) in [6.45, 7) is 0. The van der Waals surface area contributed by atoms with Gasteiger partial charge < -0.3 is 9.15 Å². The minimum absolute atomic E-state index is 0.237. The Hall–Kier alpha value is -2.24. The van der Waals surface area contributed by atoms with Gasteiger partial charge in [-0.3, -0.25) is 4.79 Å². The average Bonchev–Trinajstić information content (AvgIpc) is 2.99. The molecule has 1 saturated carbocycles. The summed E-state index contributed by atoms with van der Waals surface area (Å²) >= 11 is 0. The smallest absolute Gasteiger partial charge is 0.460 e. The van der Waals surface area contributed by atoms with Gasteiger partial charge in [-0.2, -0.15) is 0 Å². The van der Waals surface area contributed by atoms with Crippen LogP contribution in [0, 0.1) is 0 Å². The lowest BCUT2D eigenvalue weighted by Gasteiger charge is -2.19. The number of rotatable bonds is 4. The maximum atomic E-state index is 12.2. The minimum Gasteiger partial charge on any atom is -0.460 e. The van der Waals surface area contributed by atoms with Crippen LogP contribution in [0.2, 0.25) is 0 Å². The lowest BCUT2D eigenvalue weighted by molar-refractivity contribution is -0.274. The zero-order chi connectivity index (χ0) is 17.2. The molecule has 6 heteroatoms. The van der Waals surface area contributed by atoms with Gasteiger partial charge in [0.05, 0.1) is 5.56 Å². The van der Waals surface area contributed by atoms with Crippen molar-refractivity contribution in [2.24, 2.45) is 0 Å². The largest absolute Gasteiger partial charge is 0.573 e. The molecule has 24 heavy (non-hydrogen) atoms. The quantitative estimate of drug-likeness (QED) is 0.671. The van der Waals surface area contributed by atoms with Crippen LogP contribution in [-0.2, 0) is 0 Å². The Labute approximate surface area is 137 Å². The number of hydrogen-bond acceptors (Lipinski definition) is 3. The number of aldehydes is 1. The molecule has 2 aromatic rings. The fourth-order valence-corrected chi connectivity index (χ4v) is 3.16. The normalized spacial score (nSPS) is 16.1. The highest BCUT2D eigenvalue weighted by molar-refractivity contribution is 5.79. The minimum atomic E-state index is -4.72. The maximum Gasteiger partial charge on any atom is 0.573 e. The van der Waals surface area contributed by atoms with Gasteiger partial charge in [-0.15, -0.1) is 13.2 Å². The number of carbonyl (C=O) groups excluding carboxylic acids is 1. The SMILES string of the molecule is O=Cc1cc(-c2ccc(OC(F)(F)F)cc2)oc1C1CCCCC1. The van der Waals surface area contributed by atoms with Crippen molar-refractivity contribution in [1.82, 2.24) is 0 Å². The van der Waals surface area contributed by atoms with Crippen molar-refractivity contribution in [3.05, 3.63) is 41.7 Å². The molecule has 1 aliphatic carbocycles. The van der Waals surface area contributed by atoms with E-state index in [4.69, 9.17) is 4.42 Å². The summed E-state index contributed by atoms with van der Waals surface area (Å²) in [5, 5.41) is 0. The van der Waals surface area contributed by atoms with E-state index in [0.717, 1.165) is 32.0 Å². The zero-order valence-electron chi connectivity index (χ0n) is 12.9. The molecule has 0 atom stereocenters. The highest BCUT2D eigenvalue weighted by Crippen LogP contribution is 2.38. The lowest BCUT2D eigenvalue weighted by atomic mass is 9.86. The Balaban J connectivity index is 1.84. The van der Waals surface area contributed by atoms with Crippen molar-refractivity contribution in [2.45, 2.75) is 44.4 Å². The van der Waals surface area contributed by atoms with Crippen LogP contribution in [0.15, 0.2) is 34.7 Å². The standard InChI is InChI=1S/C18H17F3O3/c19-18(20,21)24-15-8-6-12(7-9-15)16-10-14(11-22)17(23-16)13-4-2-1-3-5-13/h6-11,13H,1-5H2. The Morgan fingerprint density at radius 3 is 2.33 bits per heavy atom. The molecule has 0 unspecified atom stereocenters. The van der Waals surface area contributed by atoms with E-state index in [-0.39, 0.29) is 11.7 Å². The van der Waals surface area contributed by atoms with Crippen LogP contribution in [0.4, 0.5) is 13.2 Å². The van der Waals surface area contributed by atoms with E-state index in [1.807, 2.05) is 0 Å². The third-order valence-corrected chi connectivity index (χ3v) is 4.27. The Bertz CT molecular complexity index is 695. The van der Waals surface area contributed by atoms with Crippen LogP contribution < -0.4 is 4.74 Å². The monoisotopic (exact) mass is 338 g/mol. The molecule has 0 spiro atoms. The summed E-state index contributed by atoms with van der Waals surface area (Å²) in [4.78, 5) is 11.3. The predicted octanol–water partition coefficient (Wildman–Crippen LogP) is 5.71. The number of alkyl halides is 3. The first-order chi connectivity index (χ1) is 11.5. The van der Waals surface area contributed by atoms with E-state index >= 15 is 0 Å². The van der Waals surface area contributed by atoms with Crippen molar-refractivity contribution in [2.75, 3.05) is 0 Å². The third kappa shape index (κ3) is 3.80. The molecule has 0 bridgehead atoms. The van der Waals surface area contributed by atoms with E-state index in [9.17, 15) is 18.0 Å². The highest BCUT2D eigenvalue weighted by atomic mass is 19.4. The van der Waals surface area contributed by atoms with Gasteiger partial charge in [-0.05, 0) is 43.2 Å². The van der Waals surface area contributed by atoms with Gasteiger partial charge in [0.2, 0.25) is 0 Å². The van der Waals surface area contributed by atoms with Crippen molar-refractivity contribution < 1.29 is 27.1 Å². The van der Waals surface area contributed by atoms with Crippen molar-refractivity contribution >= 4 is 6.29 Å². The number of furan rings is 1. The van der Waals surface area contributed by atoms with Crippen LogP contribution in [0.3, 0.4) is 0 Å². The molecular weight excluding hydrogens is 321 g/mol. The molecule has 0 radical (unpaired) electrons. The molecule has 1 fully saturated rings. The number of ether oxygens (including phenoxy) is 1. The van der Waals surface area contributed by atoms with Crippen molar-refractivity contribution in [3.8, 4) is 17.1 Å². The first-order valence-electron chi connectivity index (χ1n) is 7.91. The van der Waals surface area contributed by atoms with Crippen LogP contribution >= 0.6 is 0 Å². The fraction of sp³-hybridized carbons (Fsp3) is 0.389. The molecule has 0 aliphatic heterocycles. The van der Waals surface area contributed by atoms with Gasteiger partial charge in [0.15, 0.2) is 6.29 Å². The predicted molar refractivity (Wildman–Crippen MR) is 82.0 cm³/mol. The number of hydrogen-bond donors (Lipinski definition) is 0. The van der Waals surface area contributed by atoms with E-state index in [0.29, 0.717) is 22.6 Å². The van der Waals surface area contributed by atoms with Gasteiger partial charge in [0, 0.05) is 11.5 Å². The molecule has 1 aliphatic rings. The summed E-state index contributed by atoms with van der Waals surface area (Å²) in [5.41, 5.74) is 1.13. The molecule has 3 nitrogen and oxygen atoms in total. The topological polar surface area (TPSA) is 39.4 Å². The third-order valence-electron chi connectivity index (χ3n) is 4.27. The molecular formula is C18H17F3O3. The summed E-state index contributed by atoms with van der Waals surface area (Å²) in [6.07, 6.45) is 1.47. The van der Waals surface area contributed by atoms with Gasteiger partial charge >= 0.3 is 6.36 Å². The Morgan fingerprint density at radius 1 is 1.08 bits per heavy atom. The molecule has 3 rings (SSSR count). The van der Waals surface area contributed by atoms with Gasteiger partial charge in [0.1, 0.15) is 17.3 Å². The summed E-state index contributed by atoms with van der Waals surface area (Å²) in [6, 6.07) is 7.08. The first-order valence-corrected chi connectivity index (χ1v) is 7.91. The number of halogens is 3. The van der Waals surface area contributed by atoms with Crippen molar-refractivity contribution in [3.63, 3.8) is 0 Å². The second kappa shape index (κ2) is 6.71. The van der Waals surface area contributed by atoms with E-state index < -0.39 is 6.36 Å². The molecule has 1 aromatic heterocycles. The molecule has 0 saturated heterocycles. The average molecular weight is 338 g/mol. The van der Waals surface area contributed by atoms with E-state index in [1.54, 1.807) is 6.07 Å². The maximum absolute atomic E-state index is 12.2.